The lowest BCUT2D eigenvalue weighted by molar-refractivity contribution is -0.119. The van der Waals surface area contributed by atoms with Crippen molar-refractivity contribution in [2.24, 2.45) is 11.8 Å². The largest absolute Gasteiger partial charge is 0.299 e. The van der Waals surface area contributed by atoms with Crippen molar-refractivity contribution in [2.45, 2.75) is 23.3 Å². The second-order valence-corrected chi connectivity index (χ2v) is 7.34. The molecule has 2 aliphatic carbocycles. The fraction of sp³-hybridized carbons (Fsp3) is 0.727. The topological polar surface area (TPSA) is 17.1 Å². The lowest BCUT2D eigenvalue weighted by Crippen LogP contribution is -2.32. The van der Waals surface area contributed by atoms with Gasteiger partial charge in [0.2, 0.25) is 0 Å². The molecule has 0 amide bonds. The molecule has 0 radical (unpaired) electrons. The number of carbonyl (C=O) groups is 1. The highest BCUT2D eigenvalue weighted by atomic mass is 32.2. The number of thioether (sulfide) groups is 2. The number of carbonyl (C=O) groups excluding carboxylic acids is 1. The molecule has 1 saturated heterocycles. The van der Waals surface area contributed by atoms with Crippen LogP contribution < -0.4 is 0 Å². The molecule has 3 aliphatic rings. The molecular formula is C11H14OS2. The summed E-state index contributed by atoms with van der Waals surface area (Å²) in [6, 6.07) is 0. The Morgan fingerprint density at radius 1 is 1.36 bits per heavy atom. The van der Waals surface area contributed by atoms with Gasteiger partial charge in [0, 0.05) is 12.3 Å². The molecule has 1 aliphatic heterocycles. The van der Waals surface area contributed by atoms with E-state index in [0.717, 1.165) is 12.8 Å². The van der Waals surface area contributed by atoms with Crippen molar-refractivity contribution in [3.63, 3.8) is 0 Å². The molecule has 0 N–H and O–H groups in total. The third-order valence-electron chi connectivity index (χ3n) is 3.47. The minimum atomic E-state index is 0.272. The summed E-state index contributed by atoms with van der Waals surface area (Å²) in [5, 5.41) is 0. The molecule has 1 nitrogen and oxygen atoms in total. The number of hydrogen-bond acceptors (Lipinski definition) is 3. The van der Waals surface area contributed by atoms with Crippen LogP contribution in [0.15, 0.2) is 12.2 Å². The van der Waals surface area contributed by atoms with E-state index < -0.39 is 0 Å². The number of Topliss-reactive ketones (excluding diaryl/α,β-unsaturated/α-hetero) is 1. The molecule has 2 unspecified atom stereocenters. The maximum absolute atomic E-state index is 11.6. The Morgan fingerprint density at radius 2 is 2.14 bits per heavy atom. The molecule has 0 aromatic heterocycles. The van der Waals surface area contributed by atoms with Crippen LogP contribution in [0, 0.1) is 11.8 Å². The smallest absolute Gasteiger partial charge is 0.140 e. The minimum absolute atomic E-state index is 0.272. The van der Waals surface area contributed by atoms with Crippen LogP contribution >= 0.6 is 23.5 Å². The third kappa shape index (κ3) is 1.28. The molecule has 76 valence electrons. The molecular weight excluding hydrogens is 212 g/mol. The summed E-state index contributed by atoms with van der Waals surface area (Å²) in [5.41, 5.74) is 0. The Bertz CT molecular complexity index is 292. The Kier molecular flexibility index (Phi) is 2.21. The van der Waals surface area contributed by atoms with Crippen LogP contribution in [-0.2, 0) is 4.79 Å². The third-order valence-corrected chi connectivity index (χ3v) is 7.01. The Labute approximate surface area is 93.1 Å². The van der Waals surface area contributed by atoms with E-state index in [2.05, 4.69) is 35.7 Å². The monoisotopic (exact) mass is 226 g/mol. The molecule has 2 atom stereocenters. The molecule has 3 heteroatoms. The zero-order chi connectivity index (χ0) is 9.60. The van der Waals surface area contributed by atoms with Gasteiger partial charge in [0.15, 0.2) is 0 Å². The van der Waals surface area contributed by atoms with Crippen LogP contribution in [0.3, 0.4) is 0 Å². The van der Waals surface area contributed by atoms with Crippen molar-refractivity contribution in [3.8, 4) is 0 Å². The molecule has 0 aromatic carbocycles. The average Bonchev–Trinajstić information content (AvgIpc) is 2.54. The molecule has 1 saturated carbocycles. The van der Waals surface area contributed by atoms with E-state index in [1.807, 2.05) is 0 Å². The zero-order valence-electron chi connectivity index (χ0n) is 8.07. The SMILES string of the molecule is O=C1CC2CC1C=CC21SCCCS1. The van der Waals surface area contributed by atoms with Gasteiger partial charge in [0.25, 0.3) is 0 Å². The highest BCUT2D eigenvalue weighted by molar-refractivity contribution is 8.19. The Morgan fingerprint density at radius 3 is 2.93 bits per heavy atom. The average molecular weight is 226 g/mol. The van der Waals surface area contributed by atoms with Crippen molar-refractivity contribution in [3.05, 3.63) is 12.2 Å². The minimum Gasteiger partial charge on any atom is -0.299 e. The van der Waals surface area contributed by atoms with Crippen LogP contribution in [0.5, 0.6) is 0 Å². The molecule has 0 aromatic rings. The maximum Gasteiger partial charge on any atom is 0.140 e. The van der Waals surface area contributed by atoms with E-state index in [0.29, 0.717) is 11.7 Å². The fourth-order valence-electron chi connectivity index (χ4n) is 2.69. The van der Waals surface area contributed by atoms with E-state index in [9.17, 15) is 4.79 Å². The lowest BCUT2D eigenvalue weighted by atomic mass is 9.94. The molecule has 14 heavy (non-hydrogen) atoms. The Hall–Kier alpha value is 0.110. The first-order valence-corrected chi connectivity index (χ1v) is 7.27. The predicted octanol–water partition coefficient (Wildman–Crippen LogP) is 2.72. The lowest BCUT2D eigenvalue weighted by Gasteiger charge is -2.40. The number of hydrogen-bond donors (Lipinski definition) is 0. The first-order valence-electron chi connectivity index (χ1n) is 5.30. The van der Waals surface area contributed by atoms with Gasteiger partial charge in [-0.1, -0.05) is 12.2 Å². The van der Waals surface area contributed by atoms with Gasteiger partial charge in [-0.3, -0.25) is 4.79 Å². The van der Waals surface area contributed by atoms with Crippen molar-refractivity contribution < 1.29 is 4.79 Å². The van der Waals surface area contributed by atoms with Crippen LogP contribution in [0.4, 0.5) is 0 Å². The first kappa shape index (κ1) is 9.34. The van der Waals surface area contributed by atoms with E-state index in [1.165, 1.54) is 17.9 Å². The quantitative estimate of drug-likeness (QED) is 0.591. The van der Waals surface area contributed by atoms with Crippen LogP contribution in [0.1, 0.15) is 19.3 Å². The second kappa shape index (κ2) is 3.31. The van der Waals surface area contributed by atoms with Gasteiger partial charge in [0.05, 0.1) is 4.08 Å². The van der Waals surface area contributed by atoms with E-state index in [1.54, 1.807) is 0 Å². The number of fused-ring (bicyclic) bond motifs is 3. The number of allylic oxidation sites excluding steroid dienone is 1. The summed E-state index contributed by atoms with van der Waals surface area (Å²) in [6.45, 7) is 0. The maximum atomic E-state index is 11.6. The summed E-state index contributed by atoms with van der Waals surface area (Å²) in [4.78, 5) is 11.6. The summed E-state index contributed by atoms with van der Waals surface area (Å²) in [5.74, 6) is 3.92. The van der Waals surface area contributed by atoms with Crippen molar-refractivity contribution in [1.82, 2.24) is 0 Å². The van der Waals surface area contributed by atoms with Crippen LogP contribution in [-0.4, -0.2) is 21.4 Å². The highest BCUT2D eigenvalue weighted by Gasteiger charge is 2.48. The van der Waals surface area contributed by atoms with Gasteiger partial charge in [-0.05, 0) is 30.3 Å². The second-order valence-electron chi connectivity index (χ2n) is 4.34. The van der Waals surface area contributed by atoms with Gasteiger partial charge in [-0.15, -0.1) is 23.5 Å². The molecule has 3 rings (SSSR count). The summed E-state index contributed by atoms with van der Waals surface area (Å²) >= 11 is 4.14. The predicted molar refractivity (Wildman–Crippen MR) is 62.6 cm³/mol. The molecule has 1 spiro atoms. The normalized spacial score (nSPS) is 39.3. The first-order chi connectivity index (χ1) is 6.80. The van der Waals surface area contributed by atoms with E-state index in [-0.39, 0.29) is 10.00 Å². The molecule has 2 fully saturated rings. The Balaban J connectivity index is 1.91. The highest BCUT2D eigenvalue weighted by Crippen LogP contribution is 2.56. The van der Waals surface area contributed by atoms with E-state index >= 15 is 0 Å². The van der Waals surface area contributed by atoms with Gasteiger partial charge in [-0.25, -0.2) is 0 Å². The zero-order valence-corrected chi connectivity index (χ0v) is 9.70. The van der Waals surface area contributed by atoms with Crippen LogP contribution in [0.2, 0.25) is 0 Å². The van der Waals surface area contributed by atoms with Gasteiger partial charge in [0.1, 0.15) is 5.78 Å². The van der Waals surface area contributed by atoms with Crippen molar-refractivity contribution in [1.29, 1.82) is 0 Å². The van der Waals surface area contributed by atoms with Crippen LogP contribution in [0.25, 0.3) is 0 Å². The standard InChI is InChI=1S/C11H14OS2/c12-10-7-9-6-8(10)2-3-11(9)13-4-1-5-14-11/h2-3,8-9H,1,4-7H2. The molecule has 1 heterocycles. The summed E-state index contributed by atoms with van der Waals surface area (Å²) in [7, 11) is 0. The van der Waals surface area contributed by atoms with Gasteiger partial charge in [-0.2, -0.15) is 0 Å². The fourth-order valence-corrected chi connectivity index (χ4v) is 6.10. The van der Waals surface area contributed by atoms with E-state index in [4.69, 9.17) is 0 Å². The van der Waals surface area contributed by atoms with Gasteiger partial charge < -0.3 is 0 Å². The number of ketones is 1. The molecule has 2 bridgehead atoms. The van der Waals surface area contributed by atoms with Crippen molar-refractivity contribution in [2.75, 3.05) is 11.5 Å². The summed E-state index contributed by atoms with van der Waals surface area (Å²) < 4.78 is 0.279. The summed E-state index contributed by atoms with van der Waals surface area (Å²) in [6.07, 6.45) is 7.80. The van der Waals surface area contributed by atoms with Crippen molar-refractivity contribution >= 4 is 29.3 Å². The number of rotatable bonds is 0. The van der Waals surface area contributed by atoms with Gasteiger partial charge >= 0.3 is 0 Å².